The fourth-order valence-electron chi connectivity index (χ4n) is 2.19. The van der Waals surface area contributed by atoms with Crippen LogP contribution in [0.4, 0.5) is 17.1 Å². The van der Waals surface area contributed by atoms with Gasteiger partial charge >= 0.3 is 0 Å². The molecule has 0 fully saturated rings. The van der Waals surface area contributed by atoms with Crippen molar-refractivity contribution in [3.63, 3.8) is 0 Å². The van der Waals surface area contributed by atoms with Crippen molar-refractivity contribution in [3.05, 3.63) is 67.0 Å². The molecule has 110 valence electrons. The molecule has 0 atom stereocenters. The van der Waals surface area contributed by atoms with Crippen molar-refractivity contribution in [2.75, 3.05) is 10.6 Å². The van der Waals surface area contributed by atoms with E-state index in [9.17, 15) is 4.79 Å². The molecule has 0 aliphatic carbocycles. The molecule has 2 aromatic carbocycles. The van der Waals surface area contributed by atoms with E-state index in [-0.39, 0.29) is 5.91 Å². The molecule has 0 saturated heterocycles. The third-order valence-corrected chi connectivity index (χ3v) is 3.09. The summed E-state index contributed by atoms with van der Waals surface area (Å²) < 4.78 is 1.80. The Morgan fingerprint density at radius 2 is 1.73 bits per heavy atom. The van der Waals surface area contributed by atoms with Gasteiger partial charge < -0.3 is 10.6 Å². The van der Waals surface area contributed by atoms with Crippen LogP contribution >= 0.6 is 0 Å². The van der Waals surface area contributed by atoms with Crippen LogP contribution in [0.25, 0.3) is 5.69 Å². The second-order valence-electron chi connectivity index (χ2n) is 4.89. The van der Waals surface area contributed by atoms with Gasteiger partial charge in [-0.2, -0.15) is 5.10 Å². The second-order valence-corrected chi connectivity index (χ2v) is 4.89. The Balaban J connectivity index is 1.81. The molecular formula is C17H16N4O. The van der Waals surface area contributed by atoms with Gasteiger partial charge in [0, 0.05) is 36.4 Å². The predicted molar refractivity (Wildman–Crippen MR) is 87.6 cm³/mol. The molecule has 1 amide bonds. The van der Waals surface area contributed by atoms with Crippen LogP contribution < -0.4 is 10.6 Å². The Bertz CT molecular complexity index is 781. The summed E-state index contributed by atoms with van der Waals surface area (Å²) in [5.41, 5.74) is 3.60. The number of hydrogen-bond acceptors (Lipinski definition) is 3. The summed E-state index contributed by atoms with van der Waals surface area (Å²) >= 11 is 0. The monoisotopic (exact) mass is 292 g/mol. The summed E-state index contributed by atoms with van der Waals surface area (Å²) in [6.45, 7) is 1.49. The van der Waals surface area contributed by atoms with Gasteiger partial charge in [-0.25, -0.2) is 4.68 Å². The molecule has 1 heterocycles. The Hall–Kier alpha value is -3.08. The zero-order valence-electron chi connectivity index (χ0n) is 12.2. The maximum Gasteiger partial charge on any atom is 0.221 e. The van der Waals surface area contributed by atoms with Gasteiger partial charge in [-0.15, -0.1) is 0 Å². The molecule has 0 bridgehead atoms. The van der Waals surface area contributed by atoms with Gasteiger partial charge in [0.25, 0.3) is 0 Å². The first-order chi connectivity index (χ1) is 10.7. The van der Waals surface area contributed by atoms with Gasteiger partial charge in [-0.1, -0.05) is 12.1 Å². The van der Waals surface area contributed by atoms with Gasteiger partial charge in [-0.05, 0) is 42.5 Å². The first-order valence-electron chi connectivity index (χ1n) is 6.95. The third-order valence-electron chi connectivity index (χ3n) is 3.09. The lowest BCUT2D eigenvalue weighted by Crippen LogP contribution is -2.05. The number of hydrogen-bond donors (Lipinski definition) is 2. The molecule has 2 N–H and O–H groups in total. The summed E-state index contributed by atoms with van der Waals surface area (Å²) in [7, 11) is 0. The summed E-state index contributed by atoms with van der Waals surface area (Å²) in [5, 5.41) is 10.3. The lowest BCUT2D eigenvalue weighted by molar-refractivity contribution is -0.114. The first-order valence-corrected chi connectivity index (χ1v) is 6.95. The first kappa shape index (κ1) is 13.9. The number of amides is 1. The van der Waals surface area contributed by atoms with Crippen LogP contribution in [0.5, 0.6) is 0 Å². The highest BCUT2D eigenvalue weighted by molar-refractivity contribution is 5.89. The summed E-state index contributed by atoms with van der Waals surface area (Å²) in [6.07, 6.45) is 3.65. The maximum atomic E-state index is 11.1. The Morgan fingerprint density at radius 3 is 2.45 bits per heavy atom. The average Bonchev–Trinajstić information content (AvgIpc) is 3.01. The SMILES string of the molecule is CC(=O)Nc1cccc(Nc2cccc(-n3cccn3)c2)c1. The lowest BCUT2D eigenvalue weighted by Gasteiger charge is -2.10. The Labute approximate surface area is 128 Å². The smallest absolute Gasteiger partial charge is 0.221 e. The van der Waals surface area contributed by atoms with E-state index in [1.54, 1.807) is 10.9 Å². The van der Waals surface area contributed by atoms with Gasteiger partial charge in [-0.3, -0.25) is 4.79 Å². The molecule has 0 radical (unpaired) electrons. The van der Waals surface area contributed by atoms with Gasteiger partial charge in [0.05, 0.1) is 5.69 Å². The quantitative estimate of drug-likeness (QED) is 0.772. The van der Waals surface area contributed by atoms with E-state index in [0.29, 0.717) is 0 Å². The molecule has 0 spiro atoms. The molecular weight excluding hydrogens is 276 g/mol. The number of benzene rings is 2. The van der Waals surface area contributed by atoms with Crippen molar-refractivity contribution in [3.8, 4) is 5.69 Å². The highest BCUT2D eigenvalue weighted by Crippen LogP contribution is 2.22. The number of rotatable bonds is 4. The van der Waals surface area contributed by atoms with Crippen LogP contribution in [0.15, 0.2) is 67.0 Å². The normalized spacial score (nSPS) is 10.2. The van der Waals surface area contributed by atoms with Crippen molar-refractivity contribution >= 4 is 23.0 Å². The average molecular weight is 292 g/mol. The fraction of sp³-hybridized carbons (Fsp3) is 0.0588. The predicted octanol–water partition coefficient (Wildman–Crippen LogP) is 3.57. The standard InChI is InChI=1S/C17H16N4O/c1-13(22)19-14-5-2-6-15(11-14)20-16-7-3-8-17(12-16)21-10-4-9-18-21/h2-12,20H,1H3,(H,19,22). The summed E-state index contributed by atoms with van der Waals surface area (Å²) in [6, 6.07) is 17.4. The van der Waals surface area contributed by atoms with E-state index >= 15 is 0 Å². The molecule has 22 heavy (non-hydrogen) atoms. The van der Waals surface area contributed by atoms with Crippen molar-refractivity contribution in [2.45, 2.75) is 6.92 Å². The van der Waals surface area contributed by atoms with E-state index in [1.807, 2.05) is 60.8 Å². The molecule has 5 nitrogen and oxygen atoms in total. The molecule has 0 aliphatic heterocycles. The minimum Gasteiger partial charge on any atom is -0.355 e. The van der Waals surface area contributed by atoms with Crippen LogP contribution in [-0.2, 0) is 4.79 Å². The van der Waals surface area contributed by atoms with Gasteiger partial charge in [0.15, 0.2) is 0 Å². The Kier molecular flexibility index (Phi) is 3.87. The van der Waals surface area contributed by atoms with Crippen molar-refractivity contribution in [1.29, 1.82) is 0 Å². The second kappa shape index (κ2) is 6.13. The molecule has 5 heteroatoms. The zero-order chi connectivity index (χ0) is 15.4. The van der Waals surface area contributed by atoms with Crippen LogP contribution in [0.3, 0.4) is 0 Å². The lowest BCUT2D eigenvalue weighted by atomic mass is 10.2. The molecule has 3 aromatic rings. The van der Waals surface area contributed by atoms with E-state index in [2.05, 4.69) is 15.7 Å². The fourth-order valence-corrected chi connectivity index (χ4v) is 2.19. The van der Waals surface area contributed by atoms with E-state index in [4.69, 9.17) is 0 Å². The zero-order valence-corrected chi connectivity index (χ0v) is 12.2. The number of nitrogens with one attached hydrogen (secondary N) is 2. The highest BCUT2D eigenvalue weighted by Gasteiger charge is 2.01. The van der Waals surface area contributed by atoms with E-state index in [0.717, 1.165) is 22.7 Å². The maximum absolute atomic E-state index is 11.1. The summed E-state index contributed by atoms with van der Waals surface area (Å²) in [4.78, 5) is 11.1. The third kappa shape index (κ3) is 3.32. The van der Waals surface area contributed by atoms with Crippen LogP contribution in [0.1, 0.15) is 6.92 Å². The van der Waals surface area contributed by atoms with Crippen molar-refractivity contribution < 1.29 is 4.79 Å². The van der Waals surface area contributed by atoms with E-state index in [1.165, 1.54) is 6.92 Å². The minimum absolute atomic E-state index is 0.0853. The number of anilines is 3. The van der Waals surface area contributed by atoms with Gasteiger partial charge in [0.1, 0.15) is 0 Å². The summed E-state index contributed by atoms with van der Waals surface area (Å²) in [5.74, 6) is -0.0853. The highest BCUT2D eigenvalue weighted by atomic mass is 16.1. The Morgan fingerprint density at radius 1 is 1.00 bits per heavy atom. The number of nitrogens with zero attached hydrogens (tertiary/aromatic N) is 2. The van der Waals surface area contributed by atoms with Crippen molar-refractivity contribution in [1.82, 2.24) is 9.78 Å². The topological polar surface area (TPSA) is 59.0 Å². The molecule has 0 aliphatic rings. The van der Waals surface area contributed by atoms with Crippen LogP contribution in [-0.4, -0.2) is 15.7 Å². The molecule has 3 rings (SSSR count). The van der Waals surface area contributed by atoms with Crippen LogP contribution in [0, 0.1) is 0 Å². The molecule has 0 saturated carbocycles. The van der Waals surface area contributed by atoms with Crippen molar-refractivity contribution in [2.24, 2.45) is 0 Å². The van der Waals surface area contributed by atoms with Gasteiger partial charge in [0.2, 0.25) is 5.91 Å². The number of aromatic nitrogens is 2. The molecule has 0 unspecified atom stereocenters. The van der Waals surface area contributed by atoms with Crippen LogP contribution in [0.2, 0.25) is 0 Å². The molecule has 1 aromatic heterocycles. The number of carbonyl (C=O) groups excluding carboxylic acids is 1. The largest absolute Gasteiger partial charge is 0.355 e. The number of carbonyl (C=O) groups is 1. The van der Waals surface area contributed by atoms with E-state index < -0.39 is 0 Å². The minimum atomic E-state index is -0.0853.